The number of nitrogens with one attached hydrogen (secondary N) is 1. The summed E-state index contributed by atoms with van der Waals surface area (Å²) >= 11 is 0. The average molecular weight is 252 g/mol. The Morgan fingerprint density at radius 3 is 2.72 bits per heavy atom. The maximum Gasteiger partial charge on any atom is 0.311 e. The highest BCUT2D eigenvalue weighted by Gasteiger charge is 2.15. The first-order chi connectivity index (χ1) is 8.69. The predicted molar refractivity (Wildman–Crippen MR) is 72.3 cm³/mol. The monoisotopic (exact) mass is 252 g/mol. The number of ether oxygens (including phenoxy) is 1. The van der Waals surface area contributed by atoms with Crippen molar-refractivity contribution in [2.75, 3.05) is 18.5 Å². The van der Waals surface area contributed by atoms with Crippen molar-refractivity contribution >= 4 is 11.4 Å². The quantitative estimate of drug-likeness (QED) is 0.436. The maximum atomic E-state index is 10.9. The van der Waals surface area contributed by atoms with Crippen LogP contribution in [0.4, 0.5) is 11.4 Å². The number of rotatable bonds is 8. The smallest absolute Gasteiger partial charge is 0.311 e. The van der Waals surface area contributed by atoms with E-state index < -0.39 is 4.92 Å². The third kappa shape index (κ3) is 4.24. The molecule has 0 spiro atoms. The lowest BCUT2D eigenvalue weighted by Gasteiger charge is -2.09. The van der Waals surface area contributed by atoms with Gasteiger partial charge in [0.25, 0.3) is 0 Å². The van der Waals surface area contributed by atoms with Crippen molar-refractivity contribution in [3.63, 3.8) is 0 Å². The minimum Gasteiger partial charge on any atom is -0.487 e. The molecule has 0 saturated heterocycles. The summed E-state index contributed by atoms with van der Waals surface area (Å²) in [5.74, 6) is 0.336. The Hall–Kier alpha value is -1.78. The number of nitrogens with zero attached hydrogens (tertiary/aromatic N) is 1. The van der Waals surface area contributed by atoms with Crippen LogP contribution in [0.2, 0.25) is 0 Å². The summed E-state index contributed by atoms with van der Waals surface area (Å²) in [7, 11) is 0. The van der Waals surface area contributed by atoms with Gasteiger partial charge in [-0.3, -0.25) is 10.1 Å². The van der Waals surface area contributed by atoms with Gasteiger partial charge >= 0.3 is 5.69 Å². The molecular formula is C13H20N2O3. The first kappa shape index (κ1) is 14.3. The van der Waals surface area contributed by atoms with Gasteiger partial charge in [-0.05, 0) is 18.9 Å². The number of unbranched alkanes of at least 4 members (excludes halogenated alkanes) is 1. The molecule has 1 rings (SSSR count). The Morgan fingerprint density at radius 1 is 1.33 bits per heavy atom. The molecule has 0 atom stereocenters. The number of anilines is 1. The Labute approximate surface area is 107 Å². The van der Waals surface area contributed by atoms with Crippen molar-refractivity contribution in [3.05, 3.63) is 28.3 Å². The fourth-order valence-corrected chi connectivity index (χ4v) is 1.51. The van der Waals surface area contributed by atoms with Crippen molar-refractivity contribution < 1.29 is 9.66 Å². The van der Waals surface area contributed by atoms with Gasteiger partial charge in [-0.2, -0.15) is 0 Å². The molecule has 0 aliphatic carbocycles. The van der Waals surface area contributed by atoms with Crippen molar-refractivity contribution in [3.8, 4) is 5.75 Å². The van der Waals surface area contributed by atoms with Gasteiger partial charge in [-0.15, -0.1) is 0 Å². The highest BCUT2D eigenvalue weighted by atomic mass is 16.6. The second kappa shape index (κ2) is 7.53. The maximum absolute atomic E-state index is 10.9. The lowest BCUT2D eigenvalue weighted by atomic mass is 10.2. The summed E-state index contributed by atoms with van der Waals surface area (Å²) in [4.78, 5) is 10.4. The third-order valence-corrected chi connectivity index (χ3v) is 2.48. The molecule has 0 heterocycles. The van der Waals surface area contributed by atoms with Crippen molar-refractivity contribution in [2.24, 2.45) is 0 Å². The minimum atomic E-state index is -0.416. The summed E-state index contributed by atoms with van der Waals surface area (Å²) in [6, 6.07) is 4.90. The van der Waals surface area contributed by atoms with E-state index in [0.29, 0.717) is 12.4 Å². The van der Waals surface area contributed by atoms with Crippen LogP contribution in [-0.4, -0.2) is 18.1 Å². The molecule has 0 radical (unpaired) electrons. The Balaban J connectivity index is 2.80. The van der Waals surface area contributed by atoms with Gasteiger partial charge in [0.05, 0.1) is 11.5 Å². The Morgan fingerprint density at radius 2 is 2.11 bits per heavy atom. The topological polar surface area (TPSA) is 64.4 Å². The van der Waals surface area contributed by atoms with Crippen molar-refractivity contribution in [2.45, 2.75) is 33.1 Å². The van der Waals surface area contributed by atoms with E-state index in [0.717, 1.165) is 31.5 Å². The van der Waals surface area contributed by atoms with E-state index in [2.05, 4.69) is 12.2 Å². The molecule has 1 N–H and O–H groups in total. The fourth-order valence-electron chi connectivity index (χ4n) is 1.51. The van der Waals surface area contributed by atoms with Crippen LogP contribution < -0.4 is 10.1 Å². The number of nitro benzene ring substituents is 1. The van der Waals surface area contributed by atoms with Crippen LogP contribution in [0, 0.1) is 10.1 Å². The summed E-state index contributed by atoms with van der Waals surface area (Å²) in [5, 5.41) is 14.1. The molecule has 1 aromatic rings. The van der Waals surface area contributed by atoms with Gasteiger partial charge in [-0.1, -0.05) is 20.3 Å². The molecular weight excluding hydrogens is 232 g/mol. The largest absolute Gasteiger partial charge is 0.487 e. The molecule has 18 heavy (non-hydrogen) atoms. The van der Waals surface area contributed by atoms with E-state index in [9.17, 15) is 10.1 Å². The van der Waals surface area contributed by atoms with Gasteiger partial charge in [-0.25, -0.2) is 0 Å². The summed E-state index contributed by atoms with van der Waals surface area (Å²) < 4.78 is 5.41. The fraction of sp³-hybridized carbons (Fsp3) is 0.538. The molecule has 5 nitrogen and oxygen atoms in total. The van der Waals surface area contributed by atoms with Gasteiger partial charge in [0, 0.05) is 24.4 Å². The first-order valence-electron chi connectivity index (χ1n) is 6.34. The predicted octanol–water partition coefficient (Wildman–Crippen LogP) is 3.60. The van der Waals surface area contributed by atoms with Crippen molar-refractivity contribution in [1.29, 1.82) is 0 Å². The van der Waals surface area contributed by atoms with Crippen LogP contribution in [0.5, 0.6) is 5.75 Å². The summed E-state index contributed by atoms with van der Waals surface area (Å²) in [6.07, 6.45) is 3.01. The molecule has 0 fully saturated rings. The normalized spacial score (nSPS) is 10.1. The van der Waals surface area contributed by atoms with Gasteiger partial charge in [0.1, 0.15) is 0 Å². The Kier molecular flexibility index (Phi) is 5.97. The molecule has 1 aromatic carbocycles. The summed E-state index contributed by atoms with van der Waals surface area (Å²) in [5.41, 5.74) is 0.879. The molecule has 0 saturated carbocycles. The Bertz CT molecular complexity index is 394. The molecule has 0 bridgehead atoms. The van der Waals surface area contributed by atoms with Crippen LogP contribution in [0.3, 0.4) is 0 Å². The molecule has 100 valence electrons. The number of hydrogen-bond acceptors (Lipinski definition) is 4. The minimum absolute atomic E-state index is 0.0180. The lowest BCUT2D eigenvalue weighted by molar-refractivity contribution is -0.385. The van der Waals surface area contributed by atoms with Crippen LogP contribution in [0.15, 0.2) is 18.2 Å². The first-order valence-corrected chi connectivity index (χ1v) is 6.34. The molecule has 0 unspecified atom stereocenters. The van der Waals surface area contributed by atoms with Crippen molar-refractivity contribution in [1.82, 2.24) is 0 Å². The number of hydrogen-bond donors (Lipinski definition) is 1. The molecule has 0 aliphatic rings. The van der Waals surface area contributed by atoms with E-state index in [1.807, 2.05) is 6.92 Å². The van der Waals surface area contributed by atoms with E-state index in [1.165, 1.54) is 6.07 Å². The SMILES string of the molecule is CCCCNc1ccc([N+](=O)[O-])c(OCCC)c1. The van der Waals surface area contributed by atoms with E-state index in [4.69, 9.17) is 4.74 Å². The van der Waals surface area contributed by atoms with E-state index in [1.54, 1.807) is 12.1 Å². The number of nitro groups is 1. The number of benzene rings is 1. The van der Waals surface area contributed by atoms with Gasteiger partial charge in [0.15, 0.2) is 5.75 Å². The van der Waals surface area contributed by atoms with Crippen LogP contribution in [0.25, 0.3) is 0 Å². The second-order valence-corrected chi connectivity index (χ2v) is 4.07. The summed E-state index contributed by atoms with van der Waals surface area (Å²) in [6.45, 7) is 5.43. The zero-order valence-electron chi connectivity index (χ0n) is 10.9. The average Bonchev–Trinajstić information content (AvgIpc) is 2.36. The highest BCUT2D eigenvalue weighted by molar-refractivity contribution is 5.57. The molecule has 5 heteroatoms. The van der Waals surface area contributed by atoms with E-state index in [-0.39, 0.29) is 5.69 Å². The second-order valence-electron chi connectivity index (χ2n) is 4.07. The zero-order valence-corrected chi connectivity index (χ0v) is 10.9. The molecule has 0 aromatic heterocycles. The van der Waals surface area contributed by atoms with Crippen LogP contribution >= 0.6 is 0 Å². The zero-order chi connectivity index (χ0) is 13.4. The van der Waals surface area contributed by atoms with E-state index >= 15 is 0 Å². The van der Waals surface area contributed by atoms with Crippen LogP contribution in [0.1, 0.15) is 33.1 Å². The third-order valence-electron chi connectivity index (χ3n) is 2.48. The highest BCUT2D eigenvalue weighted by Crippen LogP contribution is 2.30. The molecule has 0 aliphatic heterocycles. The van der Waals surface area contributed by atoms with Gasteiger partial charge in [0.2, 0.25) is 0 Å². The standard InChI is InChI=1S/C13H20N2O3/c1-3-5-8-14-11-6-7-12(15(16)17)13(10-11)18-9-4-2/h6-7,10,14H,3-5,8-9H2,1-2H3. The lowest BCUT2D eigenvalue weighted by Crippen LogP contribution is -2.03. The molecule has 0 amide bonds. The van der Waals surface area contributed by atoms with Gasteiger partial charge < -0.3 is 10.1 Å². The van der Waals surface area contributed by atoms with Crippen LogP contribution in [-0.2, 0) is 0 Å².